The zero-order chi connectivity index (χ0) is 19.8. The monoisotopic (exact) mass is 366 g/mol. The first kappa shape index (κ1) is 19.7. The maximum atomic E-state index is 12.4. The Morgan fingerprint density at radius 1 is 0.852 bits per heavy atom. The number of phenols is 2. The quantitative estimate of drug-likeness (QED) is 0.444. The van der Waals surface area contributed by atoms with Crippen molar-refractivity contribution in [3.8, 4) is 11.5 Å². The third-order valence-corrected chi connectivity index (χ3v) is 3.63. The molecule has 2 aromatic carbocycles. The van der Waals surface area contributed by atoms with Crippen LogP contribution < -0.4 is 0 Å². The summed E-state index contributed by atoms with van der Waals surface area (Å²) in [5.74, 6) is -4.02. The lowest BCUT2D eigenvalue weighted by Crippen LogP contribution is -2.30. The van der Waals surface area contributed by atoms with Crippen LogP contribution in [0.2, 0.25) is 0 Å². The Labute approximate surface area is 156 Å². The Bertz CT molecular complexity index is 843. The smallest absolute Gasteiger partial charge is 0.324 e. The zero-order valence-corrected chi connectivity index (χ0v) is 14.5. The molecule has 0 fully saturated rings. The fraction of sp³-hybridized carbons (Fsp3) is 0.0952. The fourth-order valence-corrected chi connectivity index (χ4v) is 2.30. The summed E-state index contributed by atoms with van der Waals surface area (Å²) in [7, 11) is 1.09. The number of carbonyl (C=O) groups excluding carboxylic acids is 3. The van der Waals surface area contributed by atoms with Gasteiger partial charge in [0.1, 0.15) is 11.5 Å². The van der Waals surface area contributed by atoms with Crippen LogP contribution in [0.15, 0.2) is 60.7 Å². The first-order valence-corrected chi connectivity index (χ1v) is 8.00. The molecule has 27 heavy (non-hydrogen) atoms. The number of hydrogen-bond acceptors (Lipinski definition) is 6. The third-order valence-electron chi connectivity index (χ3n) is 3.63. The molecule has 6 heteroatoms. The number of rotatable bonds is 7. The van der Waals surface area contributed by atoms with E-state index in [-0.39, 0.29) is 11.5 Å². The average molecular weight is 366 g/mol. The minimum Gasteiger partial charge on any atom is -0.508 e. The number of allylic oxidation sites excluding steroid dienone is 2. The molecule has 0 aliphatic rings. The van der Waals surface area contributed by atoms with Crippen LogP contribution in [0.25, 0.3) is 12.2 Å². The van der Waals surface area contributed by atoms with Crippen molar-refractivity contribution in [1.29, 1.82) is 0 Å². The molecule has 0 radical (unpaired) electrons. The predicted molar refractivity (Wildman–Crippen MR) is 99.8 cm³/mol. The Morgan fingerprint density at radius 2 is 1.30 bits per heavy atom. The topological polar surface area (TPSA) is 101 Å². The lowest BCUT2D eigenvalue weighted by Gasteiger charge is -2.08. The standard InChI is InChI=1S/C21H18O6/c1-27-21(26)20(18(24)10-8-14-4-2-6-16(22)12-14)19(25)11-9-15-5-3-7-17(23)13-15/h2-13,20,22-23H,1H3. The van der Waals surface area contributed by atoms with E-state index in [4.69, 9.17) is 0 Å². The summed E-state index contributed by atoms with van der Waals surface area (Å²) in [6, 6.07) is 12.3. The highest BCUT2D eigenvalue weighted by atomic mass is 16.5. The second kappa shape index (κ2) is 9.15. The molecule has 2 rings (SSSR count). The molecule has 0 aromatic heterocycles. The number of carbonyl (C=O) groups is 3. The molecule has 0 saturated heterocycles. The van der Waals surface area contributed by atoms with E-state index in [1.54, 1.807) is 24.3 Å². The molecule has 138 valence electrons. The van der Waals surface area contributed by atoms with Gasteiger partial charge < -0.3 is 14.9 Å². The number of ether oxygens (including phenoxy) is 1. The van der Waals surface area contributed by atoms with Crippen LogP contribution in [0.4, 0.5) is 0 Å². The van der Waals surface area contributed by atoms with Gasteiger partial charge in [-0.1, -0.05) is 36.4 Å². The maximum absolute atomic E-state index is 12.4. The number of phenolic OH excluding ortho intramolecular Hbond substituents is 2. The summed E-state index contributed by atoms with van der Waals surface area (Å²) in [5.41, 5.74) is 1.07. The second-order valence-corrected chi connectivity index (χ2v) is 5.62. The minimum atomic E-state index is -1.63. The van der Waals surface area contributed by atoms with Crippen LogP contribution in [0, 0.1) is 5.92 Å². The zero-order valence-electron chi connectivity index (χ0n) is 14.5. The Kier molecular flexibility index (Phi) is 6.66. The van der Waals surface area contributed by atoms with E-state index in [0.29, 0.717) is 11.1 Å². The molecule has 0 spiro atoms. The maximum Gasteiger partial charge on any atom is 0.324 e. The van der Waals surface area contributed by atoms with E-state index < -0.39 is 23.5 Å². The van der Waals surface area contributed by atoms with E-state index in [1.165, 1.54) is 36.4 Å². The van der Waals surface area contributed by atoms with Gasteiger partial charge >= 0.3 is 5.97 Å². The average Bonchev–Trinajstić information content (AvgIpc) is 2.65. The van der Waals surface area contributed by atoms with Crippen LogP contribution in [0.3, 0.4) is 0 Å². The molecule has 0 aliphatic carbocycles. The third kappa shape index (κ3) is 5.67. The van der Waals surface area contributed by atoms with Crippen LogP contribution in [-0.4, -0.2) is 34.9 Å². The summed E-state index contributed by atoms with van der Waals surface area (Å²) < 4.78 is 4.57. The second-order valence-electron chi connectivity index (χ2n) is 5.62. The molecule has 0 unspecified atom stereocenters. The number of aromatic hydroxyl groups is 2. The van der Waals surface area contributed by atoms with Crippen LogP contribution in [-0.2, 0) is 19.1 Å². The van der Waals surface area contributed by atoms with Gasteiger partial charge in [0.15, 0.2) is 17.5 Å². The van der Waals surface area contributed by atoms with Crippen LogP contribution in [0.5, 0.6) is 11.5 Å². The lowest BCUT2D eigenvalue weighted by molar-refractivity contribution is -0.150. The van der Waals surface area contributed by atoms with Gasteiger partial charge in [-0.3, -0.25) is 14.4 Å². The largest absolute Gasteiger partial charge is 0.508 e. The Hall–Kier alpha value is -3.67. The number of benzene rings is 2. The first-order valence-electron chi connectivity index (χ1n) is 8.00. The summed E-state index contributed by atoms with van der Waals surface area (Å²) in [5, 5.41) is 18.9. The van der Waals surface area contributed by atoms with Crippen molar-refractivity contribution in [3.63, 3.8) is 0 Å². The van der Waals surface area contributed by atoms with E-state index in [2.05, 4.69) is 4.74 Å². The molecule has 0 bridgehead atoms. The molecular formula is C21H18O6. The van der Waals surface area contributed by atoms with Gasteiger partial charge in [0.2, 0.25) is 0 Å². The van der Waals surface area contributed by atoms with Crippen LogP contribution >= 0.6 is 0 Å². The predicted octanol–water partition coefficient (Wildman–Crippen LogP) is 2.75. The summed E-state index contributed by atoms with van der Waals surface area (Å²) >= 11 is 0. The van der Waals surface area contributed by atoms with Gasteiger partial charge in [-0.15, -0.1) is 0 Å². The van der Waals surface area contributed by atoms with Crippen molar-refractivity contribution >= 4 is 29.7 Å². The Balaban J connectivity index is 2.19. The summed E-state index contributed by atoms with van der Waals surface area (Å²) in [6.45, 7) is 0. The van der Waals surface area contributed by atoms with Gasteiger partial charge in [-0.2, -0.15) is 0 Å². The van der Waals surface area contributed by atoms with Gasteiger partial charge in [-0.25, -0.2) is 0 Å². The highest BCUT2D eigenvalue weighted by Crippen LogP contribution is 2.15. The van der Waals surface area contributed by atoms with Crippen molar-refractivity contribution < 1.29 is 29.3 Å². The molecule has 0 aliphatic heterocycles. The number of methoxy groups -OCH3 is 1. The number of hydrogen-bond donors (Lipinski definition) is 2. The molecule has 0 saturated carbocycles. The normalized spacial score (nSPS) is 12.2. The van der Waals surface area contributed by atoms with E-state index >= 15 is 0 Å². The van der Waals surface area contributed by atoms with Gasteiger partial charge in [0.25, 0.3) is 0 Å². The van der Waals surface area contributed by atoms with Crippen molar-refractivity contribution in [3.05, 3.63) is 71.8 Å². The van der Waals surface area contributed by atoms with E-state index in [0.717, 1.165) is 19.3 Å². The molecule has 2 N–H and O–H groups in total. The molecule has 6 nitrogen and oxygen atoms in total. The van der Waals surface area contributed by atoms with Gasteiger partial charge in [0, 0.05) is 0 Å². The molecule has 0 atom stereocenters. The highest BCUT2D eigenvalue weighted by Gasteiger charge is 2.31. The fourth-order valence-electron chi connectivity index (χ4n) is 2.30. The van der Waals surface area contributed by atoms with Gasteiger partial charge in [0.05, 0.1) is 7.11 Å². The Morgan fingerprint density at radius 3 is 1.67 bits per heavy atom. The summed E-state index contributed by atoms with van der Waals surface area (Å²) in [4.78, 5) is 36.6. The van der Waals surface area contributed by atoms with E-state index in [9.17, 15) is 24.6 Å². The lowest BCUT2D eigenvalue weighted by atomic mass is 9.97. The molecule has 2 aromatic rings. The van der Waals surface area contributed by atoms with Crippen LogP contribution in [0.1, 0.15) is 11.1 Å². The van der Waals surface area contributed by atoms with Crippen molar-refractivity contribution in [2.45, 2.75) is 0 Å². The molecule has 0 amide bonds. The SMILES string of the molecule is COC(=O)C(C(=O)C=Cc1cccc(O)c1)C(=O)C=Cc1cccc(O)c1. The minimum absolute atomic E-state index is 0.0271. The summed E-state index contributed by atoms with van der Waals surface area (Å²) in [6.07, 6.45) is 4.97. The molecule has 0 heterocycles. The molecular weight excluding hydrogens is 348 g/mol. The number of esters is 1. The highest BCUT2D eigenvalue weighted by molar-refractivity contribution is 6.24. The van der Waals surface area contributed by atoms with Crippen molar-refractivity contribution in [1.82, 2.24) is 0 Å². The van der Waals surface area contributed by atoms with Crippen molar-refractivity contribution in [2.24, 2.45) is 5.92 Å². The van der Waals surface area contributed by atoms with E-state index in [1.807, 2.05) is 0 Å². The van der Waals surface area contributed by atoms with Gasteiger partial charge in [-0.05, 0) is 47.5 Å². The number of ketones is 2. The first-order chi connectivity index (χ1) is 12.9. The van der Waals surface area contributed by atoms with Crippen molar-refractivity contribution in [2.75, 3.05) is 7.11 Å².